The standard InChI is InChI=1S/C28H40Cl2N4O7S2/c1-14(2)19-22-33-16(13-42-22)24(37)40-17(9-8-10-28(7,29)30)26(3,4)25(38)41-20(27(5,6)39)23-32-15(12-43-23)21(36)31-11-18(35)34-19/h13-15,17,19-20,39H,8-12H2,1-7H3,(H,31,36)(H,34,35). The Morgan fingerprint density at radius 3 is 2.44 bits per heavy atom. The number of alkyl halides is 2. The molecule has 2 aliphatic heterocycles. The first-order valence-electron chi connectivity index (χ1n) is 14.0. The lowest BCUT2D eigenvalue weighted by molar-refractivity contribution is -0.171. The molecule has 4 atom stereocenters. The van der Waals surface area contributed by atoms with Crippen LogP contribution >= 0.6 is 46.3 Å². The predicted octanol–water partition coefficient (Wildman–Crippen LogP) is 4.20. The van der Waals surface area contributed by atoms with Crippen LogP contribution < -0.4 is 10.6 Å². The number of carbonyl (C=O) groups excluding carboxylic acids is 4. The molecule has 0 radical (unpaired) electrons. The molecule has 3 N–H and O–H groups in total. The van der Waals surface area contributed by atoms with E-state index < -0.39 is 63.4 Å². The van der Waals surface area contributed by atoms with E-state index in [4.69, 9.17) is 32.7 Å². The monoisotopic (exact) mass is 678 g/mol. The molecule has 11 nitrogen and oxygen atoms in total. The number of hydrogen-bond acceptors (Lipinski definition) is 11. The lowest BCUT2D eigenvalue weighted by atomic mass is 9.83. The number of esters is 2. The van der Waals surface area contributed by atoms with Gasteiger partial charge in [0.1, 0.15) is 32.1 Å². The minimum Gasteiger partial charge on any atom is -0.456 e. The lowest BCUT2D eigenvalue weighted by Crippen LogP contribution is -2.49. The number of carbonyl (C=O) groups is 4. The third kappa shape index (κ3) is 9.53. The van der Waals surface area contributed by atoms with Crippen LogP contribution in [0.4, 0.5) is 0 Å². The highest BCUT2D eigenvalue weighted by Gasteiger charge is 2.46. The van der Waals surface area contributed by atoms with Gasteiger partial charge in [-0.2, -0.15) is 0 Å². The average Bonchev–Trinajstić information content (AvgIpc) is 3.56. The Labute approximate surface area is 270 Å². The number of aromatic nitrogens is 1. The molecule has 4 unspecified atom stereocenters. The quantitative estimate of drug-likeness (QED) is 0.296. The first-order valence-corrected chi connectivity index (χ1v) is 16.7. The summed E-state index contributed by atoms with van der Waals surface area (Å²) in [6.45, 7) is 11.3. The van der Waals surface area contributed by atoms with Crippen LogP contribution in [0, 0.1) is 11.3 Å². The van der Waals surface area contributed by atoms with Crippen LogP contribution in [-0.4, -0.2) is 79.4 Å². The van der Waals surface area contributed by atoms with Crippen LogP contribution in [-0.2, 0) is 23.9 Å². The number of ether oxygens (including phenoxy) is 2. The summed E-state index contributed by atoms with van der Waals surface area (Å²) in [4.78, 5) is 61.7. The summed E-state index contributed by atoms with van der Waals surface area (Å²) < 4.78 is 10.8. The molecule has 1 aromatic rings. The van der Waals surface area contributed by atoms with Crippen LogP contribution in [0.25, 0.3) is 0 Å². The Bertz CT molecular complexity index is 1240. The van der Waals surface area contributed by atoms with Gasteiger partial charge in [0.05, 0.1) is 18.0 Å². The molecule has 1 aromatic heterocycles. The molecule has 0 saturated heterocycles. The third-order valence-electron chi connectivity index (χ3n) is 7.13. The second-order valence-electron chi connectivity index (χ2n) is 12.4. The molecule has 43 heavy (non-hydrogen) atoms. The number of halogens is 2. The highest BCUT2D eigenvalue weighted by atomic mass is 35.5. The smallest absolute Gasteiger partial charge is 0.358 e. The Balaban J connectivity index is 2.03. The Hall–Kier alpha value is -1.93. The molecule has 0 spiro atoms. The van der Waals surface area contributed by atoms with Gasteiger partial charge in [-0.05, 0) is 59.8 Å². The summed E-state index contributed by atoms with van der Waals surface area (Å²) in [5.74, 6) is -2.23. The van der Waals surface area contributed by atoms with Crippen molar-refractivity contribution in [3.8, 4) is 0 Å². The van der Waals surface area contributed by atoms with Gasteiger partial charge in [0, 0.05) is 11.1 Å². The molecule has 0 fully saturated rings. The van der Waals surface area contributed by atoms with Crippen molar-refractivity contribution in [1.82, 2.24) is 15.6 Å². The fourth-order valence-electron chi connectivity index (χ4n) is 4.46. The molecular weight excluding hydrogens is 639 g/mol. The third-order valence-corrected chi connectivity index (χ3v) is 9.53. The van der Waals surface area contributed by atoms with E-state index in [1.54, 1.807) is 20.8 Å². The van der Waals surface area contributed by atoms with Crippen LogP contribution in [0.3, 0.4) is 0 Å². The number of hydrogen-bond donors (Lipinski definition) is 3. The topological polar surface area (TPSA) is 156 Å². The van der Waals surface area contributed by atoms with E-state index in [9.17, 15) is 24.3 Å². The molecule has 2 aliphatic rings. The second kappa shape index (κ2) is 14.0. The molecular formula is C28H40Cl2N4O7S2. The second-order valence-corrected chi connectivity index (χ2v) is 16.2. The van der Waals surface area contributed by atoms with E-state index in [1.807, 2.05) is 13.8 Å². The number of thioether (sulfide) groups is 1. The molecule has 3 heterocycles. The number of fused-ring (bicyclic) bond motifs is 3. The Morgan fingerprint density at radius 1 is 1.16 bits per heavy atom. The summed E-state index contributed by atoms with van der Waals surface area (Å²) in [5.41, 5.74) is -2.92. The van der Waals surface area contributed by atoms with E-state index in [2.05, 4.69) is 20.6 Å². The van der Waals surface area contributed by atoms with Crippen LogP contribution in [0.2, 0.25) is 0 Å². The molecule has 3 rings (SSSR count). The van der Waals surface area contributed by atoms with Gasteiger partial charge in [0.2, 0.25) is 11.8 Å². The van der Waals surface area contributed by atoms with Crippen LogP contribution in [0.1, 0.15) is 89.3 Å². The van der Waals surface area contributed by atoms with E-state index in [-0.39, 0.29) is 35.4 Å². The van der Waals surface area contributed by atoms with Gasteiger partial charge < -0.3 is 25.2 Å². The fraction of sp³-hybridized carbons (Fsp3) is 0.714. The first kappa shape index (κ1) is 35.5. The van der Waals surface area contributed by atoms with Crippen molar-refractivity contribution >= 4 is 75.1 Å². The van der Waals surface area contributed by atoms with Crippen molar-refractivity contribution in [3.63, 3.8) is 0 Å². The van der Waals surface area contributed by atoms with Crippen molar-refractivity contribution in [2.75, 3.05) is 12.3 Å². The predicted molar refractivity (Wildman–Crippen MR) is 168 cm³/mol. The van der Waals surface area contributed by atoms with Crippen LogP contribution in [0.15, 0.2) is 10.4 Å². The lowest BCUT2D eigenvalue weighted by Gasteiger charge is -2.36. The molecule has 0 aromatic carbocycles. The zero-order chi connectivity index (χ0) is 32.3. The number of rotatable bonds is 6. The summed E-state index contributed by atoms with van der Waals surface area (Å²) in [6.07, 6.45) is -1.15. The van der Waals surface area contributed by atoms with Gasteiger partial charge >= 0.3 is 11.9 Å². The first-order chi connectivity index (χ1) is 19.8. The summed E-state index contributed by atoms with van der Waals surface area (Å²) >= 11 is 14.7. The molecule has 0 aliphatic carbocycles. The van der Waals surface area contributed by atoms with Gasteiger partial charge in [-0.3, -0.25) is 19.4 Å². The van der Waals surface area contributed by atoms with Crippen molar-refractivity contribution in [3.05, 3.63) is 16.1 Å². The Morgan fingerprint density at radius 2 is 1.84 bits per heavy atom. The minimum absolute atomic E-state index is 0.0252. The van der Waals surface area contributed by atoms with Gasteiger partial charge in [-0.1, -0.05) is 13.8 Å². The van der Waals surface area contributed by atoms with Gasteiger partial charge in [0.25, 0.3) is 0 Å². The van der Waals surface area contributed by atoms with Gasteiger partial charge in [0.15, 0.2) is 11.8 Å². The normalized spacial score (nSPS) is 26.0. The Kier molecular flexibility index (Phi) is 11.6. The number of thiazole rings is 1. The van der Waals surface area contributed by atoms with Gasteiger partial charge in [-0.25, -0.2) is 9.78 Å². The molecule has 240 valence electrons. The number of amides is 2. The zero-order valence-corrected chi connectivity index (χ0v) is 28.5. The van der Waals surface area contributed by atoms with E-state index >= 15 is 0 Å². The fourth-order valence-corrected chi connectivity index (χ4v) is 6.98. The largest absolute Gasteiger partial charge is 0.456 e. The van der Waals surface area contributed by atoms with Crippen molar-refractivity contribution in [2.24, 2.45) is 16.3 Å². The van der Waals surface area contributed by atoms with Gasteiger partial charge in [-0.15, -0.1) is 46.3 Å². The summed E-state index contributed by atoms with van der Waals surface area (Å²) in [7, 11) is 0. The number of nitrogens with one attached hydrogen (secondary N) is 2. The number of cyclic esters (lactones) is 2. The van der Waals surface area contributed by atoms with E-state index in [0.29, 0.717) is 17.8 Å². The average molecular weight is 680 g/mol. The maximum absolute atomic E-state index is 13.7. The van der Waals surface area contributed by atoms with Crippen molar-refractivity contribution < 1.29 is 33.8 Å². The van der Waals surface area contributed by atoms with E-state index in [1.165, 1.54) is 42.3 Å². The molecule has 4 bridgehead atoms. The zero-order valence-electron chi connectivity index (χ0n) is 25.4. The molecule has 15 heteroatoms. The molecule has 2 amide bonds. The maximum atomic E-state index is 13.7. The highest BCUT2D eigenvalue weighted by Crippen LogP contribution is 2.36. The van der Waals surface area contributed by atoms with Crippen LogP contribution in [0.5, 0.6) is 0 Å². The van der Waals surface area contributed by atoms with Crippen molar-refractivity contribution in [1.29, 1.82) is 0 Å². The molecule has 0 saturated carbocycles. The maximum Gasteiger partial charge on any atom is 0.358 e. The number of nitrogens with zero attached hydrogens (tertiary/aromatic N) is 2. The minimum atomic E-state index is -1.56. The number of aliphatic imine (C=N–C) groups is 1. The SMILES string of the molecule is CC(C)C1NC(=O)CNC(=O)C2CSC(=N2)C(C(C)(C)O)OC(=O)C(C)(C)C(CCCC(C)(Cl)Cl)OC(=O)c2csc1n2. The summed E-state index contributed by atoms with van der Waals surface area (Å²) in [5, 5.41) is 18.7. The highest BCUT2D eigenvalue weighted by molar-refractivity contribution is 8.14. The number of aliphatic hydroxyl groups is 1. The summed E-state index contributed by atoms with van der Waals surface area (Å²) in [6, 6.07) is -1.37. The van der Waals surface area contributed by atoms with Crippen molar-refractivity contribution in [2.45, 2.75) is 102 Å². The van der Waals surface area contributed by atoms with E-state index in [0.717, 1.165) is 0 Å².